The molecule has 5 rings (SSSR count). The molecule has 0 amide bonds. The van der Waals surface area contributed by atoms with Crippen molar-refractivity contribution in [3.63, 3.8) is 0 Å². The number of piperazine rings is 1. The lowest BCUT2D eigenvalue weighted by Crippen LogP contribution is -2.45. The maximum absolute atomic E-state index is 4.80. The average molecular weight is 323 g/mol. The standard InChI is InChI=1S/C21H29N3/c1-3-23-6-8-24(9-7-23)13-15-4-5-20-18(10-15)21-17-11-16(17)14(2)19(21)12-22-20/h4-5,10,12,14,16-17,19,21H,3,6-9,11,13H2,1-2H3. The molecule has 3 heteroatoms. The molecule has 2 aliphatic carbocycles. The van der Waals surface area contributed by atoms with Gasteiger partial charge < -0.3 is 4.90 Å². The van der Waals surface area contributed by atoms with E-state index in [-0.39, 0.29) is 0 Å². The number of nitrogens with zero attached hydrogens (tertiary/aromatic N) is 3. The minimum atomic E-state index is 0.699. The largest absolute Gasteiger partial charge is 0.301 e. The van der Waals surface area contributed by atoms with Crippen LogP contribution in [-0.2, 0) is 6.54 Å². The van der Waals surface area contributed by atoms with Crippen LogP contribution >= 0.6 is 0 Å². The summed E-state index contributed by atoms with van der Waals surface area (Å²) in [7, 11) is 0. The molecule has 128 valence electrons. The first-order valence-corrected chi connectivity index (χ1v) is 9.86. The van der Waals surface area contributed by atoms with Crippen LogP contribution in [0.4, 0.5) is 5.69 Å². The average Bonchev–Trinajstić information content (AvgIpc) is 3.36. The van der Waals surface area contributed by atoms with E-state index in [0.717, 1.165) is 30.2 Å². The number of likely N-dealkylation sites (N-methyl/N-ethyl adjacent to an activating group) is 1. The molecule has 24 heavy (non-hydrogen) atoms. The quantitative estimate of drug-likeness (QED) is 0.847. The van der Waals surface area contributed by atoms with Gasteiger partial charge in [-0.2, -0.15) is 0 Å². The molecular weight excluding hydrogens is 294 g/mol. The molecule has 5 unspecified atom stereocenters. The zero-order valence-electron chi connectivity index (χ0n) is 15.0. The Hall–Kier alpha value is -1.19. The Balaban J connectivity index is 1.35. The highest BCUT2D eigenvalue weighted by molar-refractivity contribution is 5.75. The second-order valence-corrected chi connectivity index (χ2v) is 8.41. The summed E-state index contributed by atoms with van der Waals surface area (Å²) in [5.41, 5.74) is 4.30. The fourth-order valence-electron chi connectivity index (χ4n) is 5.59. The van der Waals surface area contributed by atoms with Gasteiger partial charge in [-0.15, -0.1) is 0 Å². The first-order chi connectivity index (χ1) is 11.7. The zero-order valence-corrected chi connectivity index (χ0v) is 15.0. The summed E-state index contributed by atoms with van der Waals surface area (Å²) in [6.45, 7) is 11.9. The van der Waals surface area contributed by atoms with E-state index >= 15 is 0 Å². The van der Waals surface area contributed by atoms with Crippen molar-refractivity contribution in [1.29, 1.82) is 0 Å². The second kappa shape index (κ2) is 5.67. The molecule has 2 aliphatic heterocycles. The van der Waals surface area contributed by atoms with E-state index in [0.29, 0.717) is 5.92 Å². The Kier molecular flexibility index (Phi) is 3.57. The lowest BCUT2D eigenvalue weighted by molar-refractivity contribution is 0.132. The summed E-state index contributed by atoms with van der Waals surface area (Å²) < 4.78 is 0. The zero-order chi connectivity index (χ0) is 16.3. The van der Waals surface area contributed by atoms with Crippen LogP contribution in [0.2, 0.25) is 0 Å². The van der Waals surface area contributed by atoms with Gasteiger partial charge in [0.05, 0.1) is 5.69 Å². The van der Waals surface area contributed by atoms with Crippen LogP contribution in [0, 0.1) is 23.7 Å². The van der Waals surface area contributed by atoms with Crippen LogP contribution in [0.1, 0.15) is 37.3 Å². The summed E-state index contributed by atoms with van der Waals surface area (Å²) >= 11 is 0. The molecule has 0 aromatic heterocycles. The minimum Gasteiger partial charge on any atom is -0.301 e. The third-order valence-corrected chi connectivity index (χ3v) is 7.20. The van der Waals surface area contributed by atoms with Gasteiger partial charge in [0.15, 0.2) is 0 Å². The predicted molar refractivity (Wildman–Crippen MR) is 99.0 cm³/mol. The van der Waals surface area contributed by atoms with E-state index in [9.17, 15) is 0 Å². The monoisotopic (exact) mass is 323 g/mol. The SMILES string of the molecule is CCN1CCN(Cc2ccc3c(c2)C2C(C=N3)C(C)C3CC32)CC1. The molecule has 3 fully saturated rings. The Morgan fingerprint density at radius 1 is 1.08 bits per heavy atom. The van der Waals surface area contributed by atoms with Crippen molar-refractivity contribution in [2.75, 3.05) is 32.7 Å². The van der Waals surface area contributed by atoms with Gasteiger partial charge in [-0.3, -0.25) is 9.89 Å². The highest BCUT2D eigenvalue weighted by Crippen LogP contribution is 2.66. The Bertz CT molecular complexity index is 659. The van der Waals surface area contributed by atoms with Crippen molar-refractivity contribution < 1.29 is 0 Å². The molecule has 4 aliphatic rings. The summed E-state index contributed by atoms with van der Waals surface area (Å²) in [4.78, 5) is 9.98. The second-order valence-electron chi connectivity index (χ2n) is 8.41. The van der Waals surface area contributed by atoms with Gasteiger partial charge in [-0.05, 0) is 53.8 Å². The van der Waals surface area contributed by atoms with Crippen molar-refractivity contribution >= 4 is 11.9 Å². The lowest BCUT2D eigenvalue weighted by atomic mass is 9.79. The van der Waals surface area contributed by atoms with Gasteiger partial charge >= 0.3 is 0 Å². The van der Waals surface area contributed by atoms with Crippen molar-refractivity contribution in [3.8, 4) is 0 Å². The number of rotatable bonds is 3. The van der Waals surface area contributed by atoms with E-state index in [1.807, 2.05) is 0 Å². The summed E-state index contributed by atoms with van der Waals surface area (Å²) in [5.74, 6) is 4.21. The molecule has 1 saturated heterocycles. The molecule has 2 heterocycles. The van der Waals surface area contributed by atoms with Crippen molar-refractivity contribution in [3.05, 3.63) is 29.3 Å². The molecule has 5 atom stereocenters. The molecule has 1 aromatic carbocycles. The summed E-state index contributed by atoms with van der Waals surface area (Å²) in [6, 6.07) is 7.09. The minimum absolute atomic E-state index is 0.699. The molecule has 3 nitrogen and oxygen atoms in total. The maximum atomic E-state index is 4.80. The first-order valence-electron chi connectivity index (χ1n) is 9.86. The summed E-state index contributed by atoms with van der Waals surface area (Å²) in [6.07, 6.45) is 3.73. The van der Waals surface area contributed by atoms with E-state index < -0.39 is 0 Å². The van der Waals surface area contributed by atoms with Gasteiger partial charge in [0, 0.05) is 44.9 Å². The van der Waals surface area contributed by atoms with Crippen LogP contribution in [-0.4, -0.2) is 48.7 Å². The van der Waals surface area contributed by atoms with Crippen LogP contribution in [0.3, 0.4) is 0 Å². The van der Waals surface area contributed by atoms with Gasteiger partial charge in [0.25, 0.3) is 0 Å². The Morgan fingerprint density at radius 2 is 1.88 bits per heavy atom. The van der Waals surface area contributed by atoms with Gasteiger partial charge in [0.2, 0.25) is 0 Å². The van der Waals surface area contributed by atoms with Crippen LogP contribution < -0.4 is 0 Å². The maximum Gasteiger partial charge on any atom is 0.0661 e. The molecule has 0 bridgehead atoms. The van der Waals surface area contributed by atoms with Crippen molar-refractivity contribution in [2.24, 2.45) is 28.7 Å². The van der Waals surface area contributed by atoms with E-state index in [1.54, 1.807) is 5.56 Å². The van der Waals surface area contributed by atoms with Crippen LogP contribution in [0.5, 0.6) is 0 Å². The normalized spacial score (nSPS) is 37.8. The number of benzene rings is 1. The van der Waals surface area contributed by atoms with Gasteiger partial charge in [0.1, 0.15) is 0 Å². The predicted octanol–water partition coefficient (Wildman–Crippen LogP) is 3.53. The van der Waals surface area contributed by atoms with Gasteiger partial charge in [-0.25, -0.2) is 0 Å². The first kappa shape index (κ1) is 15.1. The Morgan fingerprint density at radius 3 is 2.67 bits per heavy atom. The fourth-order valence-corrected chi connectivity index (χ4v) is 5.59. The van der Waals surface area contributed by atoms with Crippen molar-refractivity contribution in [2.45, 2.75) is 32.7 Å². The third-order valence-electron chi connectivity index (χ3n) is 7.20. The van der Waals surface area contributed by atoms with Crippen LogP contribution in [0.25, 0.3) is 0 Å². The van der Waals surface area contributed by atoms with Crippen LogP contribution in [0.15, 0.2) is 23.2 Å². The van der Waals surface area contributed by atoms with E-state index in [2.05, 4.69) is 48.1 Å². The Labute approximate surface area is 145 Å². The van der Waals surface area contributed by atoms with E-state index in [1.165, 1.54) is 50.4 Å². The smallest absolute Gasteiger partial charge is 0.0661 e. The number of hydrogen-bond donors (Lipinski definition) is 0. The number of fused-ring (bicyclic) bond motifs is 5. The molecule has 2 saturated carbocycles. The third kappa shape index (κ3) is 2.36. The number of hydrogen-bond acceptors (Lipinski definition) is 3. The lowest BCUT2D eigenvalue weighted by Gasteiger charge is -2.34. The van der Waals surface area contributed by atoms with Crippen molar-refractivity contribution in [1.82, 2.24) is 9.80 Å². The molecule has 0 N–H and O–H groups in total. The highest BCUT2D eigenvalue weighted by Gasteiger charge is 2.58. The molecule has 0 radical (unpaired) electrons. The fraction of sp³-hybridized carbons (Fsp3) is 0.667. The van der Waals surface area contributed by atoms with Gasteiger partial charge in [-0.1, -0.05) is 26.0 Å². The van der Waals surface area contributed by atoms with E-state index in [4.69, 9.17) is 4.99 Å². The molecular formula is C21H29N3. The topological polar surface area (TPSA) is 18.8 Å². The molecule has 0 spiro atoms. The molecule has 1 aromatic rings. The summed E-state index contributed by atoms with van der Waals surface area (Å²) in [5, 5.41) is 0. The number of aliphatic imine (C=N–C) groups is 1. The highest BCUT2D eigenvalue weighted by atomic mass is 15.3.